The lowest BCUT2D eigenvalue weighted by molar-refractivity contribution is -0.150. The number of carbonyl (C=O) groups is 3. The number of allylic oxidation sites excluding steroid dienone is 5. The van der Waals surface area contributed by atoms with Crippen molar-refractivity contribution in [1.82, 2.24) is 0 Å². The standard InChI is InChI=1S/C34H50O8/c1-6-28-15-11-17-30(41-28)20-25(2)13-10-16-29(14-9-7-8-12-26(3)21-32(35)38-4)42-34(37)24-31-22-27(18-19-40-31)23-33(36)39-5/h7-10,12-14,23,25,28-31H,6,11,15-22,24H2,1-5H3/b8-7-,13-10-,14-9+,26-12+,27-23-. The lowest BCUT2D eigenvalue weighted by atomic mass is 9.95. The zero-order valence-corrected chi connectivity index (χ0v) is 26.0. The van der Waals surface area contributed by atoms with Crippen molar-refractivity contribution in [2.75, 3.05) is 20.8 Å². The predicted octanol–water partition coefficient (Wildman–Crippen LogP) is 6.51. The molecule has 0 aromatic rings. The molecule has 2 aliphatic heterocycles. The van der Waals surface area contributed by atoms with Crippen LogP contribution >= 0.6 is 0 Å². The fourth-order valence-electron chi connectivity index (χ4n) is 5.09. The van der Waals surface area contributed by atoms with E-state index in [1.807, 2.05) is 37.3 Å². The summed E-state index contributed by atoms with van der Waals surface area (Å²) < 4.78 is 27.2. The summed E-state index contributed by atoms with van der Waals surface area (Å²) in [5.41, 5.74) is 1.79. The zero-order valence-electron chi connectivity index (χ0n) is 26.0. The van der Waals surface area contributed by atoms with Crippen LogP contribution in [0.1, 0.15) is 85.0 Å². The van der Waals surface area contributed by atoms with Crippen LogP contribution in [0.25, 0.3) is 0 Å². The van der Waals surface area contributed by atoms with E-state index in [1.54, 1.807) is 0 Å². The minimum atomic E-state index is -0.449. The normalized spacial score (nSPS) is 24.3. The molecular weight excluding hydrogens is 536 g/mol. The van der Waals surface area contributed by atoms with Crippen molar-refractivity contribution < 1.29 is 38.1 Å². The Balaban J connectivity index is 1.98. The molecule has 0 N–H and O–H groups in total. The van der Waals surface area contributed by atoms with E-state index in [-0.39, 0.29) is 30.9 Å². The van der Waals surface area contributed by atoms with Gasteiger partial charge in [-0.25, -0.2) is 4.79 Å². The lowest BCUT2D eigenvalue weighted by Crippen LogP contribution is -2.28. The smallest absolute Gasteiger partial charge is 0.330 e. The van der Waals surface area contributed by atoms with Crippen LogP contribution in [0, 0.1) is 5.92 Å². The van der Waals surface area contributed by atoms with Crippen molar-refractivity contribution >= 4 is 17.9 Å². The average molecular weight is 587 g/mol. The summed E-state index contributed by atoms with van der Waals surface area (Å²) >= 11 is 0. The minimum absolute atomic E-state index is 0.103. The van der Waals surface area contributed by atoms with Gasteiger partial charge in [0.15, 0.2) is 0 Å². The van der Waals surface area contributed by atoms with E-state index in [9.17, 15) is 14.4 Å². The molecule has 2 rings (SSSR count). The molecule has 5 unspecified atom stereocenters. The summed E-state index contributed by atoms with van der Waals surface area (Å²) in [5, 5.41) is 0. The maximum Gasteiger partial charge on any atom is 0.330 e. The monoisotopic (exact) mass is 586 g/mol. The highest BCUT2D eigenvalue weighted by Crippen LogP contribution is 2.26. The number of esters is 3. The molecule has 0 aliphatic carbocycles. The van der Waals surface area contributed by atoms with Gasteiger partial charge in [0.25, 0.3) is 0 Å². The molecule has 8 heteroatoms. The maximum atomic E-state index is 12.9. The molecule has 0 saturated carbocycles. The second kappa shape index (κ2) is 20.0. The van der Waals surface area contributed by atoms with Gasteiger partial charge in [0.1, 0.15) is 6.10 Å². The molecule has 0 amide bonds. The van der Waals surface area contributed by atoms with Crippen molar-refractivity contribution in [3.8, 4) is 0 Å². The predicted molar refractivity (Wildman–Crippen MR) is 163 cm³/mol. The first-order chi connectivity index (χ1) is 20.2. The van der Waals surface area contributed by atoms with Crippen LogP contribution in [0.15, 0.2) is 59.8 Å². The first-order valence-electron chi connectivity index (χ1n) is 15.2. The van der Waals surface area contributed by atoms with Crippen LogP contribution < -0.4 is 0 Å². The molecule has 2 fully saturated rings. The Labute approximate surface area is 251 Å². The summed E-state index contributed by atoms with van der Waals surface area (Å²) in [6.07, 6.45) is 22.4. The third-order valence-electron chi connectivity index (χ3n) is 7.41. The Bertz CT molecular complexity index is 1010. The quantitative estimate of drug-likeness (QED) is 0.0705. The summed E-state index contributed by atoms with van der Waals surface area (Å²) in [5.74, 6) is -0.683. The molecule has 0 aromatic carbocycles. The lowest BCUT2D eigenvalue weighted by Gasteiger charge is -2.30. The van der Waals surface area contributed by atoms with Gasteiger partial charge in [-0.15, -0.1) is 0 Å². The Morgan fingerprint density at radius 2 is 1.79 bits per heavy atom. The van der Waals surface area contributed by atoms with E-state index >= 15 is 0 Å². The number of hydrogen-bond acceptors (Lipinski definition) is 8. The SMILES string of the molecule is CCC1CCCC(CC(C)/C=C\CC(/C=C/C=C\C=C(/C)CC(=O)OC)OC(=O)CC2C/C(=C\C(=O)OC)CCO2)O1. The zero-order chi connectivity index (χ0) is 30.7. The molecule has 2 aliphatic rings. The molecule has 0 spiro atoms. The Morgan fingerprint density at radius 1 is 1.00 bits per heavy atom. The molecule has 0 aromatic heterocycles. The Hall–Kier alpha value is -2.97. The number of rotatable bonds is 15. The molecule has 0 radical (unpaired) electrons. The van der Waals surface area contributed by atoms with Gasteiger partial charge in [-0.05, 0) is 63.9 Å². The molecule has 42 heavy (non-hydrogen) atoms. The van der Waals surface area contributed by atoms with E-state index in [0.717, 1.165) is 36.8 Å². The van der Waals surface area contributed by atoms with Crippen LogP contribution in [0.2, 0.25) is 0 Å². The molecule has 2 saturated heterocycles. The van der Waals surface area contributed by atoms with E-state index < -0.39 is 12.1 Å². The summed E-state index contributed by atoms with van der Waals surface area (Å²) in [6, 6.07) is 0. The highest BCUT2D eigenvalue weighted by molar-refractivity contribution is 5.82. The average Bonchev–Trinajstić information content (AvgIpc) is 2.96. The van der Waals surface area contributed by atoms with Gasteiger partial charge in [-0.3, -0.25) is 9.59 Å². The topological polar surface area (TPSA) is 97.4 Å². The van der Waals surface area contributed by atoms with Gasteiger partial charge in [0, 0.05) is 12.5 Å². The van der Waals surface area contributed by atoms with Crippen molar-refractivity contribution in [2.45, 2.75) is 109 Å². The van der Waals surface area contributed by atoms with E-state index in [0.29, 0.717) is 44.0 Å². The third kappa shape index (κ3) is 14.8. The van der Waals surface area contributed by atoms with Gasteiger partial charge in [-0.2, -0.15) is 0 Å². The van der Waals surface area contributed by atoms with Crippen LogP contribution in [0.3, 0.4) is 0 Å². The van der Waals surface area contributed by atoms with E-state index in [4.69, 9.17) is 23.7 Å². The van der Waals surface area contributed by atoms with Crippen molar-refractivity contribution in [3.63, 3.8) is 0 Å². The maximum absolute atomic E-state index is 12.9. The molecule has 234 valence electrons. The van der Waals surface area contributed by atoms with E-state index in [2.05, 4.69) is 26.0 Å². The van der Waals surface area contributed by atoms with Crippen molar-refractivity contribution in [1.29, 1.82) is 0 Å². The first-order valence-corrected chi connectivity index (χ1v) is 15.2. The van der Waals surface area contributed by atoms with Gasteiger partial charge < -0.3 is 23.7 Å². The van der Waals surface area contributed by atoms with Crippen LogP contribution in [-0.4, -0.2) is 63.2 Å². The molecular formula is C34H50O8. The molecule has 8 nitrogen and oxygen atoms in total. The number of hydrogen-bond donors (Lipinski definition) is 0. The largest absolute Gasteiger partial charge is 0.469 e. The minimum Gasteiger partial charge on any atom is -0.469 e. The van der Waals surface area contributed by atoms with Crippen LogP contribution in [0.5, 0.6) is 0 Å². The second-order valence-electron chi connectivity index (χ2n) is 11.1. The fraction of sp³-hybridized carbons (Fsp3) is 0.618. The highest BCUT2D eigenvalue weighted by Gasteiger charge is 2.24. The second-order valence-corrected chi connectivity index (χ2v) is 11.1. The first kappa shape index (κ1) is 35.2. The Morgan fingerprint density at radius 3 is 2.52 bits per heavy atom. The summed E-state index contributed by atoms with van der Waals surface area (Å²) in [4.78, 5) is 35.9. The summed E-state index contributed by atoms with van der Waals surface area (Å²) in [7, 11) is 2.71. The van der Waals surface area contributed by atoms with Gasteiger partial charge in [-0.1, -0.05) is 61.4 Å². The highest BCUT2D eigenvalue weighted by atomic mass is 16.5. The molecule has 5 atom stereocenters. The third-order valence-corrected chi connectivity index (χ3v) is 7.41. The molecule has 0 bridgehead atoms. The van der Waals surface area contributed by atoms with Gasteiger partial charge in [0.2, 0.25) is 0 Å². The number of methoxy groups -OCH3 is 2. The number of ether oxygens (including phenoxy) is 5. The summed E-state index contributed by atoms with van der Waals surface area (Å²) in [6.45, 7) is 6.68. The van der Waals surface area contributed by atoms with E-state index in [1.165, 1.54) is 26.7 Å². The fourth-order valence-corrected chi connectivity index (χ4v) is 5.09. The van der Waals surface area contributed by atoms with Gasteiger partial charge in [0.05, 0.1) is 52.0 Å². The van der Waals surface area contributed by atoms with Crippen LogP contribution in [-0.2, 0) is 38.1 Å². The van der Waals surface area contributed by atoms with Crippen molar-refractivity contribution in [3.05, 3.63) is 59.8 Å². The molecule has 2 heterocycles. The Kier molecular flexibility index (Phi) is 16.8. The van der Waals surface area contributed by atoms with Crippen LogP contribution in [0.4, 0.5) is 0 Å². The number of carbonyl (C=O) groups excluding carboxylic acids is 3. The van der Waals surface area contributed by atoms with Gasteiger partial charge >= 0.3 is 17.9 Å². The van der Waals surface area contributed by atoms with Crippen molar-refractivity contribution in [2.24, 2.45) is 5.92 Å².